The van der Waals surface area contributed by atoms with Crippen LogP contribution in [0.1, 0.15) is 20.7 Å². The molecule has 0 spiro atoms. The van der Waals surface area contributed by atoms with Crippen LogP contribution in [-0.2, 0) is 19.2 Å². The van der Waals surface area contributed by atoms with E-state index in [-0.39, 0.29) is 21.4 Å². The average Bonchev–Trinajstić information content (AvgIpc) is 3.43. The van der Waals surface area contributed by atoms with E-state index in [1.54, 1.807) is 91.0 Å². The molecule has 13 nitrogen and oxygen atoms in total. The number of hydrogen-bond acceptors (Lipinski definition) is 9. The van der Waals surface area contributed by atoms with Gasteiger partial charge in [-0.1, -0.05) is 48.5 Å². The molecule has 0 aliphatic carbocycles. The Morgan fingerprint density at radius 2 is 0.957 bits per heavy atom. The predicted octanol–water partition coefficient (Wildman–Crippen LogP) is 3.04. The van der Waals surface area contributed by atoms with Gasteiger partial charge in [0, 0.05) is 11.3 Å². The molecule has 3 N–H and O–H groups in total. The zero-order valence-corrected chi connectivity index (χ0v) is 25.6. The van der Waals surface area contributed by atoms with Crippen molar-refractivity contribution in [3.63, 3.8) is 0 Å². The Morgan fingerprint density at radius 1 is 0.511 bits per heavy atom. The molecule has 2 saturated heterocycles. The summed E-state index contributed by atoms with van der Waals surface area (Å²) >= 11 is 10.6. The lowest BCUT2D eigenvalue weighted by Crippen LogP contribution is -2.47. The maximum atomic E-state index is 13.3. The zero-order valence-electron chi connectivity index (χ0n) is 23.9. The van der Waals surface area contributed by atoms with E-state index < -0.39 is 35.4 Å². The van der Waals surface area contributed by atoms with Gasteiger partial charge < -0.3 is 5.32 Å². The first-order valence-corrected chi connectivity index (χ1v) is 14.6. The number of anilines is 4. The van der Waals surface area contributed by atoms with Crippen LogP contribution in [-0.4, -0.2) is 55.7 Å². The minimum absolute atomic E-state index is 0.129. The second-order valence-electron chi connectivity index (χ2n) is 9.93. The van der Waals surface area contributed by atoms with E-state index in [2.05, 4.69) is 16.2 Å². The number of nitrogens with one attached hydrogen (secondary N) is 3. The van der Waals surface area contributed by atoms with Crippen molar-refractivity contribution in [2.75, 3.05) is 15.1 Å². The van der Waals surface area contributed by atoms with Gasteiger partial charge in [0.15, 0.2) is 0 Å². The first-order valence-electron chi connectivity index (χ1n) is 13.8. The molecule has 0 aromatic heterocycles. The Hall–Kier alpha value is -6.32. The van der Waals surface area contributed by atoms with Gasteiger partial charge in [-0.2, -0.15) is 10.0 Å². The number of hydrogen-bond donors (Lipinski definition) is 3. The third kappa shape index (κ3) is 5.79. The summed E-state index contributed by atoms with van der Waals surface area (Å²) in [5.74, 6) is -5.24. The number of benzene rings is 4. The van der Waals surface area contributed by atoms with Crippen LogP contribution in [0, 0.1) is 0 Å². The Balaban J connectivity index is 1.12. The Bertz CT molecular complexity index is 1990. The number of carbonyl (C=O) groups is 6. The summed E-state index contributed by atoms with van der Waals surface area (Å²) in [5, 5.41) is 4.13. The Labute approximate surface area is 277 Å². The number of para-hydroxylation sites is 3. The van der Waals surface area contributed by atoms with E-state index in [9.17, 15) is 28.8 Å². The molecule has 6 amide bonds. The molecular formula is C32H21N7O6S2. The molecule has 6 rings (SSSR count). The molecule has 4 aromatic carbocycles. The van der Waals surface area contributed by atoms with Gasteiger partial charge in [0.05, 0.1) is 22.6 Å². The second-order valence-corrected chi connectivity index (χ2v) is 10.7. The highest BCUT2D eigenvalue weighted by molar-refractivity contribution is 7.81. The summed E-state index contributed by atoms with van der Waals surface area (Å²) in [6.45, 7) is 0. The quantitative estimate of drug-likeness (QED) is 0.191. The zero-order chi connectivity index (χ0) is 33.2. The molecule has 47 heavy (non-hydrogen) atoms. The van der Waals surface area contributed by atoms with Gasteiger partial charge in [-0.15, -0.1) is 0 Å². The van der Waals surface area contributed by atoms with Gasteiger partial charge >= 0.3 is 23.6 Å². The van der Waals surface area contributed by atoms with Crippen LogP contribution in [0.5, 0.6) is 0 Å². The summed E-state index contributed by atoms with van der Waals surface area (Å²) in [6, 6.07) is 29.1. The van der Waals surface area contributed by atoms with Crippen molar-refractivity contribution in [2.24, 2.45) is 0 Å². The molecule has 232 valence electrons. The lowest BCUT2D eigenvalue weighted by molar-refractivity contribution is -0.140. The van der Waals surface area contributed by atoms with Crippen LogP contribution >= 0.6 is 24.4 Å². The van der Waals surface area contributed by atoms with Crippen molar-refractivity contribution in [1.29, 1.82) is 0 Å². The topological polar surface area (TPSA) is 151 Å². The molecule has 0 atom stereocenters. The highest BCUT2D eigenvalue weighted by atomic mass is 32.1. The highest BCUT2D eigenvalue weighted by Crippen LogP contribution is 2.25. The summed E-state index contributed by atoms with van der Waals surface area (Å²) in [4.78, 5) is 78.9. The third-order valence-corrected chi connectivity index (χ3v) is 7.73. The van der Waals surface area contributed by atoms with Crippen molar-refractivity contribution in [3.8, 4) is 0 Å². The minimum atomic E-state index is -1.01. The van der Waals surface area contributed by atoms with Crippen LogP contribution in [0.3, 0.4) is 0 Å². The smallest absolute Gasteiger partial charge is 0.338 e. The SMILES string of the molecule is O=C(NN1C(=O)C(=O)N(c2ccccc2)C1=S)c1ccc(Nc2ccccc2C(=O)NN2C(=O)C(=O)N(c3ccccc3)C2=S)cc1. The minimum Gasteiger partial charge on any atom is -0.355 e. The molecule has 2 heterocycles. The maximum absolute atomic E-state index is 13.3. The number of nitrogens with zero attached hydrogens (tertiary/aromatic N) is 4. The molecule has 2 aliphatic rings. The van der Waals surface area contributed by atoms with Crippen molar-refractivity contribution < 1.29 is 28.8 Å². The number of thiocarbonyl (C=S) groups is 2. The summed E-state index contributed by atoms with van der Waals surface area (Å²) in [7, 11) is 0. The van der Waals surface area contributed by atoms with E-state index in [0.29, 0.717) is 22.7 Å². The van der Waals surface area contributed by atoms with Crippen LogP contribution < -0.4 is 26.0 Å². The van der Waals surface area contributed by atoms with Crippen molar-refractivity contribution in [2.45, 2.75) is 0 Å². The number of rotatable bonds is 8. The first kappa shape index (κ1) is 30.7. The maximum Gasteiger partial charge on any atom is 0.338 e. The van der Waals surface area contributed by atoms with Crippen molar-refractivity contribution in [1.82, 2.24) is 20.9 Å². The summed E-state index contributed by atoms with van der Waals surface area (Å²) < 4.78 is 0. The summed E-state index contributed by atoms with van der Waals surface area (Å²) in [6.07, 6.45) is 0. The molecule has 2 aliphatic heterocycles. The van der Waals surface area contributed by atoms with Crippen LogP contribution in [0.25, 0.3) is 0 Å². The Kier molecular flexibility index (Phi) is 8.22. The van der Waals surface area contributed by atoms with Crippen molar-refractivity contribution in [3.05, 3.63) is 120 Å². The molecule has 0 unspecified atom stereocenters. The first-order chi connectivity index (χ1) is 22.7. The van der Waals surface area contributed by atoms with Crippen LogP contribution in [0.4, 0.5) is 22.7 Å². The van der Waals surface area contributed by atoms with E-state index in [1.807, 2.05) is 0 Å². The number of hydrazine groups is 2. The predicted molar refractivity (Wildman–Crippen MR) is 178 cm³/mol. The average molecular weight is 664 g/mol. The van der Waals surface area contributed by atoms with E-state index in [1.165, 1.54) is 18.2 Å². The van der Waals surface area contributed by atoms with E-state index in [0.717, 1.165) is 19.8 Å². The van der Waals surface area contributed by atoms with E-state index >= 15 is 0 Å². The fraction of sp³-hybridized carbons (Fsp3) is 0. The van der Waals surface area contributed by atoms with Gasteiger partial charge in [-0.05, 0) is 85.1 Å². The van der Waals surface area contributed by atoms with Gasteiger partial charge in [-0.3, -0.25) is 39.6 Å². The highest BCUT2D eigenvalue weighted by Gasteiger charge is 2.45. The fourth-order valence-corrected chi connectivity index (χ4v) is 5.35. The monoisotopic (exact) mass is 663 g/mol. The van der Waals surface area contributed by atoms with Gasteiger partial charge in [-0.25, -0.2) is 9.80 Å². The molecule has 4 aromatic rings. The molecule has 2 fully saturated rings. The molecule has 0 radical (unpaired) electrons. The molecular weight excluding hydrogens is 643 g/mol. The molecule has 0 saturated carbocycles. The molecule has 15 heteroatoms. The standard InChI is InChI=1S/C32H21N7O6S2/c40-25(34-38-29(44)27(42)36(31(38)46)21-9-3-1-4-10-21)19-15-17-20(18-16-19)33-24-14-8-7-13-23(24)26(41)35-39-30(45)28(43)37(32(39)47)22-11-5-2-6-12-22/h1-18,33H,(H,34,40)(H,35,41). The van der Waals surface area contributed by atoms with Gasteiger partial charge in [0.2, 0.25) is 10.2 Å². The number of carbonyl (C=O) groups excluding carboxylic acids is 6. The normalized spacial score (nSPS) is 14.6. The number of amides is 6. The van der Waals surface area contributed by atoms with Crippen LogP contribution in [0.15, 0.2) is 109 Å². The van der Waals surface area contributed by atoms with Gasteiger partial charge in [0.25, 0.3) is 11.8 Å². The lowest BCUT2D eigenvalue weighted by Gasteiger charge is -2.20. The van der Waals surface area contributed by atoms with Crippen molar-refractivity contribution >= 4 is 92.9 Å². The third-order valence-electron chi connectivity index (χ3n) is 7.00. The summed E-state index contributed by atoms with van der Waals surface area (Å²) in [5.41, 5.74) is 6.66. The Morgan fingerprint density at radius 3 is 1.47 bits per heavy atom. The second kappa shape index (κ2) is 12.6. The fourth-order valence-electron chi connectivity index (χ4n) is 4.72. The van der Waals surface area contributed by atoms with Gasteiger partial charge in [0.1, 0.15) is 0 Å². The lowest BCUT2D eigenvalue weighted by atomic mass is 10.1. The molecule has 0 bridgehead atoms. The van der Waals surface area contributed by atoms with E-state index in [4.69, 9.17) is 24.4 Å². The largest absolute Gasteiger partial charge is 0.355 e. The van der Waals surface area contributed by atoms with Crippen LogP contribution in [0.2, 0.25) is 0 Å².